The van der Waals surface area contributed by atoms with Gasteiger partial charge in [-0.25, -0.2) is 0 Å². The van der Waals surface area contributed by atoms with Crippen molar-refractivity contribution in [1.29, 1.82) is 0 Å². The van der Waals surface area contributed by atoms with Crippen LogP contribution in [0.1, 0.15) is 78.8 Å². The molecule has 3 aliphatic heterocycles. The molecular formula is C28H34N6O4. The fourth-order valence-corrected chi connectivity index (χ4v) is 5.42. The van der Waals surface area contributed by atoms with Gasteiger partial charge in [-0.05, 0) is 37.8 Å². The summed E-state index contributed by atoms with van der Waals surface area (Å²) in [5, 5.41) is 10.5. The van der Waals surface area contributed by atoms with Gasteiger partial charge in [-0.2, -0.15) is 5.10 Å². The zero-order valence-electron chi connectivity index (χ0n) is 22.1. The van der Waals surface area contributed by atoms with Gasteiger partial charge in [0, 0.05) is 48.2 Å². The second-order valence-corrected chi connectivity index (χ2v) is 11.3. The largest absolute Gasteiger partial charge is 0.380 e. The Morgan fingerprint density at radius 3 is 2.55 bits per heavy atom. The molecule has 2 N–H and O–H groups in total. The molecule has 1 aromatic heterocycles. The number of anilines is 1. The van der Waals surface area contributed by atoms with E-state index in [9.17, 15) is 19.2 Å². The average molecular weight is 519 g/mol. The summed E-state index contributed by atoms with van der Waals surface area (Å²) in [4.78, 5) is 54.5. The first-order valence-electron chi connectivity index (χ1n) is 13.1. The molecule has 0 spiro atoms. The summed E-state index contributed by atoms with van der Waals surface area (Å²) in [6.45, 7) is 11.4. The minimum absolute atomic E-state index is 0.179. The van der Waals surface area contributed by atoms with Crippen LogP contribution in [0.3, 0.4) is 0 Å². The number of hydrogen-bond acceptors (Lipinski definition) is 6. The monoisotopic (exact) mass is 518 g/mol. The molecule has 4 heterocycles. The molecule has 1 unspecified atom stereocenters. The molecule has 2 saturated heterocycles. The number of piperidine rings is 2. The molecular weight excluding hydrogens is 484 g/mol. The van der Waals surface area contributed by atoms with Crippen molar-refractivity contribution in [3.05, 3.63) is 59.6 Å². The number of nitrogens with one attached hydrogen (secondary N) is 2. The Morgan fingerprint density at radius 2 is 1.87 bits per heavy atom. The minimum Gasteiger partial charge on any atom is -0.380 e. The number of rotatable bonds is 5. The highest BCUT2D eigenvalue weighted by atomic mass is 16.2. The number of imide groups is 1. The Hall–Kier alpha value is -3.95. The molecule has 5 rings (SSSR count). The van der Waals surface area contributed by atoms with E-state index < -0.39 is 17.9 Å². The number of aromatic nitrogens is 2. The highest BCUT2D eigenvalue weighted by Crippen LogP contribution is 2.33. The number of fused-ring (bicyclic) bond motifs is 1. The fourth-order valence-electron chi connectivity index (χ4n) is 5.42. The highest BCUT2D eigenvalue weighted by Gasteiger charge is 2.45. The standard InChI is InChI=1S/C28H34N6O4/c1-17-8-9-22(24(35)31-17)34-25(36)20-6-5-7-21(23(20)26(34)37)29-14-18-15-30-33(16-18)19-10-12-32(13-11-19)27(38)28(2,3)4/h5-7,15-16,19,22,29H,1,8-14H2,2-4H3,(H,31,35). The Labute approximate surface area is 222 Å². The minimum atomic E-state index is -0.843. The Balaban J connectivity index is 1.24. The quantitative estimate of drug-likeness (QED) is 0.588. The molecule has 2 fully saturated rings. The van der Waals surface area contributed by atoms with Crippen LogP contribution in [0, 0.1) is 5.41 Å². The van der Waals surface area contributed by atoms with Gasteiger partial charge in [-0.1, -0.05) is 33.4 Å². The van der Waals surface area contributed by atoms with E-state index in [1.54, 1.807) is 24.4 Å². The number of carbonyl (C=O) groups is 4. The Bertz CT molecular complexity index is 1310. The lowest BCUT2D eigenvalue weighted by Gasteiger charge is -2.35. The highest BCUT2D eigenvalue weighted by molar-refractivity contribution is 6.25. The van der Waals surface area contributed by atoms with Crippen LogP contribution < -0.4 is 10.6 Å². The molecule has 38 heavy (non-hydrogen) atoms. The summed E-state index contributed by atoms with van der Waals surface area (Å²) in [6.07, 6.45) is 6.35. The molecule has 0 saturated carbocycles. The van der Waals surface area contributed by atoms with Crippen LogP contribution in [0.2, 0.25) is 0 Å². The molecule has 10 nitrogen and oxygen atoms in total. The summed E-state index contributed by atoms with van der Waals surface area (Å²) >= 11 is 0. The van der Waals surface area contributed by atoms with E-state index in [0.29, 0.717) is 49.4 Å². The van der Waals surface area contributed by atoms with Gasteiger partial charge in [0.05, 0.1) is 23.4 Å². The number of nitrogens with zero attached hydrogens (tertiary/aromatic N) is 4. The van der Waals surface area contributed by atoms with Gasteiger partial charge < -0.3 is 15.5 Å². The van der Waals surface area contributed by atoms with Crippen LogP contribution in [0.4, 0.5) is 5.69 Å². The van der Waals surface area contributed by atoms with E-state index in [4.69, 9.17) is 0 Å². The third-order valence-electron chi connectivity index (χ3n) is 7.49. The maximum atomic E-state index is 13.3. The number of benzene rings is 1. The lowest BCUT2D eigenvalue weighted by molar-refractivity contribution is -0.140. The topological polar surface area (TPSA) is 117 Å². The molecule has 3 aliphatic rings. The van der Waals surface area contributed by atoms with Crippen LogP contribution in [-0.4, -0.2) is 62.3 Å². The maximum absolute atomic E-state index is 13.3. The first kappa shape index (κ1) is 25.7. The molecule has 4 amide bonds. The molecule has 2 aromatic rings. The van der Waals surface area contributed by atoms with Crippen molar-refractivity contribution in [3.8, 4) is 0 Å². The summed E-state index contributed by atoms with van der Waals surface area (Å²) in [5.41, 5.74) is 2.29. The SMILES string of the molecule is C=C1CCC(N2C(=O)c3cccc(NCc4cnn(C5CCN(C(=O)C(C)(C)C)CC5)c4)c3C2=O)C(=O)N1. The van der Waals surface area contributed by atoms with Gasteiger partial charge in [0.25, 0.3) is 11.8 Å². The summed E-state index contributed by atoms with van der Waals surface area (Å²) in [6, 6.07) is 4.50. The smallest absolute Gasteiger partial charge is 0.264 e. The first-order chi connectivity index (χ1) is 18.0. The van der Waals surface area contributed by atoms with Crippen molar-refractivity contribution in [2.45, 2.75) is 65.1 Å². The molecule has 0 bridgehead atoms. The number of amides is 4. The first-order valence-corrected chi connectivity index (χ1v) is 13.1. The summed E-state index contributed by atoms with van der Waals surface area (Å²) < 4.78 is 1.96. The van der Waals surface area contributed by atoms with Crippen LogP contribution >= 0.6 is 0 Å². The van der Waals surface area contributed by atoms with Gasteiger partial charge in [-0.15, -0.1) is 0 Å². The predicted octanol–water partition coefficient (Wildman–Crippen LogP) is 3.09. The van der Waals surface area contributed by atoms with Crippen molar-refractivity contribution in [2.75, 3.05) is 18.4 Å². The van der Waals surface area contributed by atoms with Gasteiger partial charge in [0.2, 0.25) is 11.8 Å². The number of hydrogen-bond donors (Lipinski definition) is 2. The molecule has 1 atom stereocenters. The van der Waals surface area contributed by atoms with Crippen molar-refractivity contribution in [1.82, 2.24) is 24.9 Å². The Kier molecular flexibility index (Phi) is 6.58. The average Bonchev–Trinajstić information content (AvgIpc) is 3.45. The van der Waals surface area contributed by atoms with Gasteiger partial charge in [0.1, 0.15) is 6.04 Å². The second kappa shape index (κ2) is 9.74. The number of likely N-dealkylation sites (tertiary alicyclic amines) is 1. The molecule has 0 radical (unpaired) electrons. The van der Waals surface area contributed by atoms with Gasteiger partial charge >= 0.3 is 0 Å². The van der Waals surface area contributed by atoms with E-state index in [1.165, 1.54) is 0 Å². The van der Waals surface area contributed by atoms with Crippen LogP contribution in [0.15, 0.2) is 42.9 Å². The second-order valence-electron chi connectivity index (χ2n) is 11.3. The zero-order valence-corrected chi connectivity index (χ0v) is 22.1. The lowest BCUT2D eigenvalue weighted by Crippen LogP contribution is -2.51. The van der Waals surface area contributed by atoms with Crippen LogP contribution in [0.25, 0.3) is 0 Å². The van der Waals surface area contributed by atoms with E-state index in [0.717, 1.165) is 23.3 Å². The normalized spacial score (nSPS) is 20.6. The predicted molar refractivity (Wildman–Crippen MR) is 141 cm³/mol. The lowest BCUT2D eigenvalue weighted by atomic mass is 9.93. The third-order valence-corrected chi connectivity index (χ3v) is 7.49. The van der Waals surface area contributed by atoms with E-state index in [-0.39, 0.29) is 28.8 Å². The van der Waals surface area contributed by atoms with E-state index in [1.807, 2.05) is 36.5 Å². The fraction of sp³-hybridized carbons (Fsp3) is 0.464. The van der Waals surface area contributed by atoms with Crippen LogP contribution in [-0.2, 0) is 16.1 Å². The van der Waals surface area contributed by atoms with Crippen molar-refractivity contribution in [3.63, 3.8) is 0 Å². The number of carbonyl (C=O) groups excluding carboxylic acids is 4. The zero-order chi connectivity index (χ0) is 27.2. The number of allylic oxidation sites excluding steroid dienone is 1. The van der Waals surface area contributed by atoms with Gasteiger partial charge in [-0.3, -0.25) is 28.8 Å². The maximum Gasteiger partial charge on any atom is 0.264 e. The van der Waals surface area contributed by atoms with Crippen molar-refractivity contribution >= 4 is 29.3 Å². The molecule has 10 heteroatoms. The summed E-state index contributed by atoms with van der Waals surface area (Å²) in [5.74, 6) is -1.12. The van der Waals surface area contributed by atoms with Crippen molar-refractivity contribution < 1.29 is 19.2 Å². The molecule has 200 valence electrons. The summed E-state index contributed by atoms with van der Waals surface area (Å²) in [7, 11) is 0. The van der Waals surface area contributed by atoms with E-state index in [2.05, 4.69) is 22.3 Å². The van der Waals surface area contributed by atoms with Gasteiger partial charge in [0.15, 0.2) is 0 Å². The van der Waals surface area contributed by atoms with Crippen LogP contribution in [0.5, 0.6) is 0 Å². The molecule has 1 aromatic carbocycles. The van der Waals surface area contributed by atoms with Crippen molar-refractivity contribution in [2.24, 2.45) is 5.41 Å². The Morgan fingerprint density at radius 1 is 1.13 bits per heavy atom. The van der Waals surface area contributed by atoms with E-state index >= 15 is 0 Å². The molecule has 0 aliphatic carbocycles. The third kappa shape index (κ3) is 4.70.